The Kier molecular flexibility index (Phi) is 4.40. The second-order valence-corrected chi connectivity index (χ2v) is 4.95. The summed E-state index contributed by atoms with van der Waals surface area (Å²) in [6.45, 7) is 4.98. The third-order valence-corrected chi connectivity index (χ3v) is 3.21. The molecule has 90 valence electrons. The van der Waals surface area contributed by atoms with Crippen molar-refractivity contribution >= 4 is 15.9 Å². The topological polar surface area (TPSA) is 17.0 Å². The van der Waals surface area contributed by atoms with Gasteiger partial charge in [-0.1, -0.05) is 35.0 Å². The molecule has 0 aliphatic rings. The SMILES string of the molecule is CCNCc1cccn1Cc1cccc(Br)c1. The number of rotatable bonds is 5. The van der Waals surface area contributed by atoms with Gasteiger partial charge >= 0.3 is 0 Å². The number of aromatic nitrogens is 1. The molecular formula is C14H17BrN2. The molecule has 1 aromatic carbocycles. The molecule has 2 nitrogen and oxygen atoms in total. The van der Waals surface area contributed by atoms with Crippen LogP contribution in [0.4, 0.5) is 0 Å². The smallest absolute Gasteiger partial charge is 0.0473 e. The van der Waals surface area contributed by atoms with E-state index in [1.165, 1.54) is 11.3 Å². The second-order valence-electron chi connectivity index (χ2n) is 4.04. The Morgan fingerprint density at radius 3 is 2.88 bits per heavy atom. The average molecular weight is 293 g/mol. The molecule has 1 heterocycles. The van der Waals surface area contributed by atoms with Gasteiger partial charge in [0.1, 0.15) is 0 Å². The summed E-state index contributed by atoms with van der Waals surface area (Å²) in [5.41, 5.74) is 2.64. The quantitative estimate of drug-likeness (QED) is 0.894. The summed E-state index contributed by atoms with van der Waals surface area (Å²) in [6, 6.07) is 12.7. The first-order valence-electron chi connectivity index (χ1n) is 5.89. The number of hydrogen-bond donors (Lipinski definition) is 1. The van der Waals surface area contributed by atoms with Crippen LogP contribution in [0, 0.1) is 0 Å². The fourth-order valence-electron chi connectivity index (χ4n) is 1.85. The molecule has 0 radical (unpaired) electrons. The van der Waals surface area contributed by atoms with Crippen LogP contribution < -0.4 is 5.32 Å². The molecule has 0 amide bonds. The van der Waals surface area contributed by atoms with Gasteiger partial charge in [0.2, 0.25) is 0 Å². The number of nitrogens with zero attached hydrogens (tertiary/aromatic N) is 1. The van der Waals surface area contributed by atoms with E-state index in [2.05, 4.69) is 75.3 Å². The van der Waals surface area contributed by atoms with Crippen molar-refractivity contribution in [1.29, 1.82) is 0 Å². The molecule has 0 saturated heterocycles. The van der Waals surface area contributed by atoms with Crippen LogP contribution in [0.5, 0.6) is 0 Å². The molecular weight excluding hydrogens is 276 g/mol. The van der Waals surface area contributed by atoms with Gasteiger partial charge in [0.15, 0.2) is 0 Å². The van der Waals surface area contributed by atoms with E-state index in [-0.39, 0.29) is 0 Å². The van der Waals surface area contributed by atoms with E-state index in [0.717, 1.165) is 24.1 Å². The summed E-state index contributed by atoms with van der Waals surface area (Å²) >= 11 is 3.51. The largest absolute Gasteiger partial charge is 0.346 e. The zero-order valence-electron chi connectivity index (χ0n) is 9.99. The van der Waals surface area contributed by atoms with Crippen molar-refractivity contribution in [2.75, 3.05) is 6.54 Å². The summed E-state index contributed by atoms with van der Waals surface area (Å²) in [4.78, 5) is 0. The maximum absolute atomic E-state index is 3.51. The zero-order chi connectivity index (χ0) is 12.1. The Balaban J connectivity index is 2.10. The molecule has 0 bridgehead atoms. The first-order chi connectivity index (χ1) is 8.29. The van der Waals surface area contributed by atoms with Crippen LogP contribution in [0.25, 0.3) is 0 Å². The lowest BCUT2D eigenvalue weighted by atomic mass is 10.2. The molecule has 0 aliphatic carbocycles. The Bertz CT molecular complexity index is 477. The molecule has 0 spiro atoms. The van der Waals surface area contributed by atoms with E-state index in [1.807, 2.05) is 0 Å². The van der Waals surface area contributed by atoms with Crippen molar-refractivity contribution in [3.8, 4) is 0 Å². The van der Waals surface area contributed by atoms with Crippen LogP contribution in [0.2, 0.25) is 0 Å². The molecule has 0 unspecified atom stereocenters. The molecule has 0 aliphatic heterocycles. The highest BCUT2D eigenvalue weighted by molar-refractivity contribution is 9.10. The molecule has 17 heavy (non-hydrogen) atoms. The van der Waals surface area contributed by atoms with Crippen LogP contribution in [-0.2, 0) is 13.1 Å². The van der Waals surface area contributed by atoms with Crippen molar-refractivity contribution < 1.29 is 0 Å². The van der Waals surface area contributed by atoms with E-state index >= 15 is 0 Å². The highest BCUT2D eigenvalue weighted by atomic mass is 79.9. The monoisotopic (exact) mass is 292 g/mol. The minimum absolute atomic E-state index is 0.924. The summed E-state index contributed by atoms with van der Waals surface area (Å²) < 4.78 is 3.42. The number of halogens is 1. The van der Waals surface area contributed by atoms with Gasteiger partial charge in [-0.25, -0.2) is 0 Å². The van der Waals surface area contributed by atoms with E-state index in [0.29, 0.717) is 0 Å². The predicted octanol–water partition coefficient (Wildman–Crippen LogP) is 3.41. The molecule has 2 aromatic rings. The molecule has 3 heteroatoms. The third-order valence-electron chi connectivity index (χ3n) is 2.72. The second kappa shape index (κ2) is 6.03. The summed E-state index contributed by atoms with van der Waals surface area (Å²) in [5.74, 6) is 0. The van der Waals surface area contributed by atoms with Gasteiger partial charge in [0.05, 0.1) is 0 Å². The van der Waals surface area contributed by atoms with Crippen molar-refractivity contribution in [1.82, 2.24) is 9.88 Å². The number of nitrogens with one attached hydrogen (secondary N) is 1. The normalized spacial score (nSPS) is 10.7. The first kappa shape index (κ1) is 12.4. The minimum Gasteiger partial charge on any atom is -0.346 e. The lowest BCUT2D eigenvalue weighted by Gasteiger charge is -2.10. The Morgan fingerprint density at radius 2 is 2.12 bits per heavy atom. The van der Waals surface area contributed by atoms with Gasteiger partial charge in [-0.05, 0) is 36.4 Å². The van der Waals surface area contributed by atoms with Gasteiger partial charge in [0, 0.05) is 29.5 Å². The van der Waals surface area contributed by atoms with Crippen LogP contribution in [0.15, 0.2) is 47.1 Å². The number of benzene rings is 1. The maximum atomic E-state index is 3.51. The summed E-state index contributed by atoms with van der Waals surface area (Å²) in [5, 5.41) is 3.36. The standard InChI is InChI=1S/C14H17BrN2/c1-2-16-10-14-7-4-8-17(14)11-12-5-3-6-13(15)9-12/h3-9,16H,2,10-11H2,1H3. The Labute approximate surface area is 111 Å². The van der Waals surface area contributed by atoms with Crippen LogP contribution in [0.3, 0.4) is 0 Å². The fourth-order valence-corrected chi connectivity index (χ4v) is 2.30. The molecule has 1 N–H and O–H groups in total. The Morgan fingerprint density at radius 1 is 1.24 bits per heavy atom. The van der Waals surface area contributed by atoms with Crippen LogP contribution >= 0.6 is 15.9 Å². The van der Waals surface area contributed by atoms with Gasteiger partial charge in [-0.15, -0.1) is 0 Å². The van der Waals surface area contributed by atoms with Crippen molar-refractivity contribution in [3.63, 3.8) is 0 Å². The summed E-state index contributed by atoms with van der Waals surface area (Å²) in [7, 11) is 0. The van der Waals surface area contributed by atoms with E-state index < -0.39 is 0 Å². The van der Waals surface area contributed by atoms with E-state index in [1.54, 1.807) is 0 Å². The summed E-state index contributed by atoms with van der Waals surface area (Å²) in [6.07, 6.45) is 2.13. The average Bonchev–Trinajstić information content (AvgIpc) is 2.74. The van der Waals surface area contributed by atoms with Crippen LogP contribution in [-0.4, -0.2) is 11.1 Å². The van der Waals surface area contributed by atoms with Gasteiger partial charge < -0.3 is 9.88 Å². The van der Waals surface area contributed by atoms with Crippen LogP contribution in [0.1, 0.15) is 18.2 Å². The van der Waals surface area contributed by atoms with E-state index in [4.69, 9.17) is 0 Å². The van der Waals surface area contributed by atoms with E-state index in [9.17, 15) is 0 Å². The zero-order valence-corrected chi connectivity index (χ0v) is 11.6. The van der Waals surface area contributed by atoms with Gasteiger partial charge in [-0.2, -0.15) is 0 Å². The predicted molar refractivity (Wildman–Crippen MR) is 75.1 cm³/mol. The molecule has 0 fully saturated rings. The lowest BCUT2D eigenvalue weighted by Crippen LogP contribution is -2.15. The maximum Gasteiger partial charge on any atom is 0.0473 e. The highest BCUT2D eigenvalue weighted by Gasteiger charge is 2.01. The molecule has 0 saturated carbocycles. The molecule has 1 aromatic heterocycles. The third kappa shape index (κ3) is 3.45. The lowest BCUT2D eigenvalue weighted by molar-refractivity contribution is 0.657. The fraction of sp³-hybridized carbons (Fsp3) is 0.286. The number of hydrogen-bond acceptors (Lipinski definition) is 1. The van der Waals surface area contributed by atoms with Crippen molar-refractivity contribution in [2.45, 2.75) is 20.0 Å². The highest BCUT2D eigenvalue weighted by Crippen LogP contribution is 2.14. The first-order valence-corrected chi connectivity index (χ1v) is 6.68. The molecule has 2 rings (SSSR count). The van der Waals surface area contributed by atoms with Gasteiger partial charge in [-0.3, -0.25) is 0 Å². The minimum atomic E-state index is 0.924. The molecule has 0 atom stereocenters. The Hall–Kier alpha value is -1.06. The van der Waals surface area contributed by atoms with Gasteiger partial charge in [0.25, 0.3) is 0 Å². The van der Waals surface area contributed by atoms with Crippen molar-refractivity contribution in [2.24, 2.45) is 0 Å². The van der Waals surface area contributed by atoms with Crippen molar-refractivity contribution in [3.05, 3.63) is 58.3 Å².